The van der Waals surface area contributed by atoms with Gasteiger partial charge in [-0.05, 0) is 35.8 Å². The molecule has 1 nitrogen and oxygen atoms in total. The van der Waals surface area contributed by atoms with Gasteiger partial charge in [-0.15, -0.1) is 12.3 Å². The van der Waals surface area contributed by atoms with Gasteiger partial charge in [-0.3, -0.25) is 0 Å². The van der Waals surface area contributed by atoms with Gasteiger partial charge in [0.15, 0.2) is 0 Å². The first-order valence-electron chi connectivity index (χ1n) is 8.44. The SMILES string of the molecule is C=C[Si](C)(C)CCN(CC)[Si](C(C)C)(C(C)C)C(C)C. The van der Waals surface area contributed by atoms with Crippen LogP contribution in [0.3, 0.4) is 0 Å². The predicted molar refractivity (Wildman–Crippen MR) is 101 cm³/mol. The maximum absolute atomic E-state index is 4.06. The van der Waals surface area contributed by atoms with Crippen molar-refractivity contribution in [2.45, 2.75) is 84.2 Å². The highest BCUT2D eigenvalue weighted by Crippen LogP contribution is 2.44. The van der Waals surface area contributed by atoms with Gasteiger partial charge in [0.2, 0.25) is 0 Å². The lowest BCUT2D eigenvalue weighted by atomic mass is 10.5. The molecule has 0 spiro atoms. The van der Waals surface area contributed by atoms with E-state index in [0.717, 1.165) is 16.6 Å². The second kappa shape index (κ2) is 7.95. The van der Waals surface area contributed by atoms with Crippen molar-refractivity contribution in [3.05, 3.63) is 12.3 Å². The van der Waals surface area contributed by atoms with Crippen molar-refractivity contribution in [2.24, 2.45) is 0 Å². The first-order valence-corrected chi connectivity index (χ1v) is 13.9. The molecule has 0 atom stereocenters. The summed E-state index contributed by atoms with van der Waals surface area (Å²) in [6, 6.07) is 1.35. The van der Waals surface area contributed by atoms with Gasteiger partial charge in [0.1, 0.15) is 8.24 Å². The van der Waals surface area contributed by atoms with Gasteiger partial charge in [0, 0.05) is 0 Å². The molecule has 0 radical (unpaired) electrons. The van der Waals surface area contributed by atoms with E-state index in [1.165, 1.54) is 19.1 Å². The molecule has 0 aliphatic rings. The van der Waals surface area contributed by atoms with Gasteiger partial charge < -0.3 is 4.57 Å². The van der Waals surface area contributed by atoms with Crippen molar-refractivity contribution in [2.75, 3.05) is 13.1 Å². The summed E-state index contributed by atoms with van der Waals surface area (Å²) in [5.41, 5.74) is 4.70. The van der Waals surface area contributed by atoms with Gasteiger partial charge in [0.25, 0.3) is 0 Å². The van der Waals surface area contributed by atoms with Crippen LogP contribution in [0.25, 0.3) is 0 Å². The van der Waals surface area contributed by atoms with Crippen LogP contribution in [0.15, 0.2) is 12.3 Å². The molecule has 0 fully saturated rings. The quantitative estimate of drug-likeness (QED) is 0.478. The molecular formula is C17H39NSi2. The van der Waals surface area contributed by atoms with Crippen molar-refractivity contribution in [3.63, 3.8) is 0 Å². The standard InChI is InChI=1S/C17H39NSi2/c1-11-18(13-14-19(9,10)12-2)20(15(3)4,16(5)6)17(7)8/h12,15-17H,2,11,13-14H2,1,3-10H3. The lowest BCUT2D eigenvalue weighted by Gasteiger charge is -2.51. The van der Waals surface area contributed by atoms with Crippen LogP contribution in [-0.2, 0) is 0 Å². The highest BCUT2D eigenvalue weighted by atomic mass is 28.3. The molecule has 0 saturated carbocycles. The van der Waals surface area contributed by atoms with E-state index in [-0.39, 0.29) is 0 Å². The van der Waals surface area contributed by atoms with Crippen LogP contribution in [0.2, 0.25) is 35.8 Å². The van der Waals surface area contributed by atoms with E-state index >= 15 is 0 Å². The Morgan fingerprint density at radius 3 is 1.60 bits per heavy atom. The summed E-state index contributed by atoms with van der Waals surface area (Å²) in [4.78, 5) is 0. The Bertz CT molecular complexity index is 274. The Kier molecular flexibility index (Phi) is 8.00. The molecule has 0 bridgehead atoms. The van der Waals surface area contributed by atoms with Gasteiger partial charge >= 0.3 is 0 Å². The molecule has 0 N–H and O–H groups in total. The third-order valence-corrected chi connectivity index (χ3v) is 15.1. The molecule has 0 amide bonds. The molecule has 0 rings (SSSR count). The molecule has 0 unspecified atom stereocenters. The molecule has 0 aliphatic carbocycles. The maximum Gasteiger partial charge on any atom is 0.136 e. The Morgan fingerprint density at radius 2 is 1.35 bits per heavy atom. The maximum atomic E-state index is 4.06. The highest BCUT2D eigenvalue weighted by Gasteiger charge is 2.47. The summed E-state index contributed by atoms with van der Waals surface area (Å²) in [5.74, 6) is 0. The fourth-order valence-corrected chi connectivity index (χ4v) is 12.8. The molecule has 0 heterocycles. The van der Waals surface area contributed by atoms with Gasteiger partial charge in [-0.2, -0.15) is 0 Å². The van der Waals surface area contributed by atoms with Gasteiger partial charge in [0.05, 0.1) is 8.07 Å². The number of rotatable bonds is 9. The summed E-state index contributed by atoms with van der Waals surface area (Å²) in [6.07, 6.45) is 0. The third-order valence-electron chi connectivity index (χ3n) is 5.28. The average molecular weight is 314 g/mol. The minimum Gasteiger partial charge on any atom is -0.323 e. The molecule has 20 heavy (non-hydrogen) atoms. The van der Waals surface area contributed by atoms with Crippen molar-refractivity contribution in [3.8, 4) is 0 Å². The normalized spacial score (nSPS) is 13.8. The first-order chi connectivity index (χ1) is 9.06. The van der Waals surface area contributed by atoms with Crippen LogP contribution in [0, 0.1) is 0 Å². The molecule has 120 valence electrons. The van der Waals surface area contributed by atoms with E-state index in [0.29, 0.717) is 0 Å². The Hall–Kier alpha value is 0.134. The van der Waals surface area contributed by atoms with Crippen molar-refractivity contribution in [1.29, 1.82) is 0 Å². The number of hydrogen-bond acceptors (Lipinski definition) is 1. The molecule has 0 aromatic carbocycles. The van der Waals surface area contributed by atoms with Crippen LogP contribution in [-0.4, -0.2) is 34.0 Å². The lowest BCUT2D eigenvalue weighted by molar-refractivity contribution is 0.425. The lowest BCUT2D eigenvalue weighted by Crippen LogP contribution is -2.60. The Morgan fingerprint density at radius 1 is 0.950 bits per heavy atom. The van der Waals surface area contributed by atoms with E-state index in [4.69, 9.17) is 0 Å². The van der Waals surface area contributed by atoms with E-state index in [1.54, 1.807) is 0 Å². The van der Waals surface area contributed by atoms with E-state index in [9.17, 15) is 0 Å². The molecular weight excluding hydrogens is 274 g/mol. The fraction of sp³-hybridized carbons (Fsp3) is 0.882. The summed E-state index contributed by atoms with van der Waals surface area (Å²) >= 11 is 0. The topological polar surface area (TPSA) is 3.24 Å². The second-order valence-electron chi connectivity index (χ2n) is 7.87. The van der Waals surface area contributed by atoms with E-state index in [2.05, 4.69) is 78.4 Å². The third kappa shape index (κ3) is 4.31. The van der Waals surface area contributed by atoms with E-state index < -0.39 is 16.3 Å². The van der Waals surface area contributed by atoms with Crippen molar-refractivity contribution >= 4 is 16.3 Å². The minimum atomic E-state index is -1.45. The van der Waals surface area contributed by atoms with Crippen LogP contribution in [0.5, 0.6) is 0 Å². The van der Waals surface area contributed by atoms with Crippen molar-refractivity contribution < 1.29 is 0 Å². The first kappa shape index (κ1) is 20.1. The monoisotopic (exact) mass is 313 g/mol. The van der Waals surface area contributed by atoms with E-state index in [1.807, 2.05) is 0 Å². The van der Waals surface area contributed by atoms with Crippen LogP contribution >= 0.6 is 0 Å². The Balaban J connectivity index is 5.35. The average Bonchev–Trinajstić information content (AvgIpc) is 2.32. The van der Waals surface area contributed by atoms with Gasteiger partial charge in [-0.25, -0.2) is 0 Å². The molecule has 0 aromatic heterocycles. The largest absolute Gasteiger partial charge is 0.323 e. The predicted octanol–water partition coefficient (Wildman–Crippen LogP) is 5.92. The Labute approximate surface area is 130 Å². The highest BCUT2D eigenvalue weighted by molar-refractivity contribution is 6.83. The van der Waals surface area contributed by atoms with Crippen LogP contribution in [0.1, 0.15) is 48.5 Å². The van der Waals surface area contributed by atoms with Crippen molar-refractivity contribution in [1.82, 2.24) is 4.57 Å². The number of hydrogen-bond donors (Lipinski definition) is 0. The van der Waals surface area contributed by atoms with Crippen LogP contribution < -0.4 is 0 Å². The summed E-state index contributed by atoms with van der Waals surface area (Å²) in [6.45, 7) is 28.6. The summed E-state index contributed by atoms with van der Waals surface area (Å²) in [5, 5.41) is 0. The molecule has 0 aliphatic heterocycles. The smallest absolute Gasteiger partial charge is 0.136 e. The summed E-state index contributed by atoms with van der Waals surface area (Å²) < 4.78 is 2.91. The molecule has 0 saturated heterocycles. The number of nitrogens with zero attached hydrogens (tertiary/aromatic N) is 1. The fourth-order valence-electron chi connectivity index (χ4n) is 4.25. The van der Waals surface area contributed by atoms with Crippen LogP contribution in [0.4, 0.5) is 0 Å². The zero-order valence-electron chi connectivity index (χ0n) is 15.6. The zero-order valence-corrected chi connectivity index (χ0v) is 17.6. The summed E-state index contributed by atoms with van der Waals surface area (Å²) in [7, 11) is -2.64. The second-order valence-corrected chi connectivity index (χ2v) is 18.6. The van der Waals surface area contributed by atoms with Gasteiger partial charge in [-0.1, -0.05) is 61.6 Å². The minimum absolute atomic E-state index is 0.816. The zero-order chi connectivity index (χ0) is 16.1. The molecule has 3 heteroatoms. The molecule has 0 aromatic rings.